The molecule has 74 valence electrons. The van der Waals surface area contributed by atoms with E-state index < -0.39 is 18.4 Å². The van der Waals surface area contributed by atoms with Crippen LogP contribution in [0.15, 0.2) is 24.3 Å². The van der Waals surface area contributed by atoms with Crippen LogP contribution in [-0.2, 0) is 0 Å². The van der Waals surface area contributed by atoms with Gasteiger partial charge in [-0.05, 0) is 0 Å². The third-order valence-electron chi connectivity index (χ3n) is 2.28. The number of fused-ring (bicyclic) bond motifs is 1. The molecule has 0 aliphatic rings. The Morgan fingerprint density at radius 3 is 2.50 bits per heavy atom. The molecule has 3 heteroatoms. The van der Waals surface area contributed by atoms with Crippen molar-refractivity contribution in [3.8, 4) is 0 Å². The van der Waals surface area contributed by atoms with Gasteiger partial charge in [0.05, 0.1) is 0 Å². The Kier molecular flexibility index (Phi) is 2.51. The van der Waals surface area contributed by atoms with Crippen LogP contribution in [0.25, 0.3) is 10.1 Å². The van der Waals surface area contributed by atoms with Crippen LogP contribution in [0, 0.1) is 0 Å². The van der Waals surface area contributed by atoms with Crippen molar-refractivity contribution >= 4 is 48.4 Å². The number of rotatable bonds is 1. The molecule has 0 spiro atoms. The van der Waals surface area contributed by atoms with Crippen LogP contribution in [0.3, 0.4) is 0 Å². The number of nitrogen functional groups attached to an aromatic ring is 1. The van der Waals surface area contributed by atoms with Gasteiger partial charge in [0, 0.05) is 0 Å². The zero-order valence-electron chi connectivity index (χ0n) is 8.79. The summed E-state index contributed by atoms with van der Waals surface area (Å²) >= 11 is 0.0826. The molecule has 0 bridgehead atoms. The van der Waals surface area contributed by atoms with Gasteiger partial charge in [-0.2, -0.15) is 0 Å². The topological polar surface area (TPSA) is 26.0 Å². The molecule has 2 N–H and O–H groups in total. The summed E-state index contributed by atoms with van der Waals surface area (Å²) in [4.78, 5) is 7.34. The molecule has 0 aliphatic heterocycles. The van der Waals surface area contributed by atoms with Crippen LogP contribution in [0.1, 0.15) is 0 Å². The molecule has 14 heavy (non-hydrogen) atoms. The Bertz CT molecular complexity index is 468. The van der Waals surface area contributed by atoms with Crippen molar-refractivity contribution in [2.45, 2.75) is 14.8 Å². The van der Waals surface area contributed by atoms with Gasteiger partial charge in [-0.15, -0.1) is 0 Å². The van der Waals surface area contributed by atoms with Gasteiger partial charge >= 0.3 is 93.2 Å². The van der Waals surface area contributed by atoms with Gasteiger partial charge in [-0.1, -0.05) is 0 Å². The SMILES string of the molecule is [CH3][Sn]([CH3])([CH3])[c]1cc2cc(N)ccc2s1. The molecule has 1 heterocycles. The Balaban J connectivity index is 2.63. The quantitative estimate of drug-likeness (QED) is 0.636. The fourth-order valence-corrected chi connectivity index (χ4v) is 7.78. The maximum absolute atomic E-state index is 5.76. The van der Waals surface area contributed by atoms with Crippen molar-refractivity contribution in [3.63, 3.8) is 0 Å². The van der Waals surface area contributed by atoms with E-state index >= 15 is 0 Å². The first-order chi connectivity index (χ1) is 6.47. The fourth-order valence-electron chi connectivity index (χ4n) is 1.43. The fraction of sp³-hybridized carbons (Fsp3) is 0.273. The molecule has 0 radical (unpaired) electrons. The average molecular weight is 312 g/mol. The van der Waals surface area contributed by atoms with Crippen LogP contribution >= 0.6 is 11.3 Å². The summed E-state index contributed by atoms with van der Waals surface area (Å²) in [5.41, 5.74) is 6.63. The van der Waals surface area contributed by atoms with Gasteiger partial charge in [0.15, 0.2) is 0 Å². The first-order valence-electron chi connectivity index (χ1n) is 4.76. The molecule has 0 amide bonds. The van der Waals surface area contributed by atoms with E-state index in [1.54, 1.807) is 2.89 Å². The predicted octanol–water partition coefficient (Wildman–Crippen LogP) is 3.03. The van der Waals surface area contributed by atoms with Crippen molar-refractivity contribution in [1.82, 2.24) is 0 Å². The average Bonchev–Trinajstić information content (AvgIpc) is 2.45. The van der Waals surface area contributed by atoms with E-state index in [4.69, 9.17) is 5.73 Å². The molecular weight excluding hydrogens is 297 g/mol. The van der Waals surface area contributed by atoms with Crippen molar-refractivity contribution in [2.75, 3.05) is 5.73 Å². The molecule has 1 nitrogen and oxygen atoms in total. The summed E-state index contributed by atoms with van der Waals surface area (Å²) in [5, 5.41) is 1.32. The van der Waals surface area contributed by atoms with E-state index in [9.17, 15) is 0 Å². The summed E-state index contributed by atoms with van der Waals surface area (Å²) in [6.07, 6.45) is 0. The molecule has 1 aromatic carbocycles. The number of benzene rings is 1. The van der Waals surface area contributed by atoms with E-state index in [0.717, 1.165) is 5.69 Å². The Labute approximate surface area is 92.8 Å². The number of hydrogen-bond acceptors (Lipinski definition) is 2. The molecular formula is C11H15NSSn. The number of nitrogens with two attached hydrogens (primary N) is 1. The molecule has 0 fully saturated rings. The molecule has 1 aromatic heterocycles. The standard InChI is InChI=1S/C8H6NS.3CH3.Sn/c9-7-1-2-8-6(5-7)3-4-10-8;;;;/h1-3,5H,9H2;3*1H3;. The molecule has 0 atom stereocenters. The Morgan fingerprint density at radius 2 is 1.86 bits per heavy atom. The maximum atomic E-state index is 5.76. The Hall–Kier alpha value is -0.221. The number of anilines is 1. The van der Waals surface area contributed by atoms with E-state index in [-0.39, 0.29) is 0 Å². The van der Waals surface area contributed by atoms with Crippen molar-refractivity contribution < 1.29 is 0 Å². The molecule has 0 aliphatic carbocycles. The first-order valence-corrected chi connectivity index (χ1v) is 15.6. The zero-order valence-corrected chi connectivity index (χ0v) is 12.5. The van der Waals surface area contributed by atoms with E-state index in [2.05, 4.69) is 33.0 Å². The van der Waals surface area contributed by atoms with Gasteiger partial charge in [0.25, 0.3) is 0 Å². The monoisotopic (exact) mass is 313 g/mol. The molecule has 2 aromatic rings. The van der Waals surface area contributed by atoms with E-state index in [1.165, 1.54) is 10.1 Å². The van der Waals surface area contributed by atoms with Gasteiger partial charge in [-0.25, -0.2) is 0 Å². The van der Waals surface area contributed by atoms with Crippen LogP contribution in [0.5, 0.6) is 0 Å². The van der Waals surface area contributed by atoms with Gasteiger partial charge in [0.1, 0.15) is 0 Å². The summed E-state index contributed by atoms with van der Waals surface area (Å²) in [5.74, 6) is 0. The molecule has 0 saturated heterocycles. The molecule has 0 saturated carbocycles. The van der Waals surface area contributed by atoms with Crippen molar-refractivity contribution in [2.24, 2.45) is 0 Å². The van der Waals surface area contributed by atoms with Gasteiger partial charge in [0.2, 0.25) is 0 Å². The van der Waals surface area contributed by atoms with Crippen molar-refractivity contribution in [1.29, 1.82) is 0 Å². The first kappa shape index (κ1) is 10.3. The van der Waals surface area contributed by atoms with Gasteiger partial charge in [-0.3, -0.25) is 0 Å². The third kappa shape index (κ3) is 1.91. The minimum absolute atomic E-state index is 0.867. The zero-order chi connectivity index (χ0) is 10.3. The number of thiophene rings is 1. The summed E-state index contributed by atoms with van der Waals surface area (Å²) < 4.78 is 3.00. The number of hydrogen-bond donors (Lipinski definition) is 1. The van der Waals surface area contributed by atoms with E-state index in [1.807, 2.05) is 17.4 Å². The van der Waals surface area contributed by atoms with Gasteiger partial charge < -0.3 is 0 Å². The van der Waals surface area contributed by atoms with E-state index in [0.29, 0.717) is 0 Å². The summed E-state index contributed by atoms with van der Waals surface area (Å²) in [6.45, 7) is 0. The summed E-state index contributed by atoms with van der Waals surface area (Å²) in [6, 6.07) is 8.54. The third-order valence-corrected chi connectivity index (χ3v) is 12.8. The second-order valence-corrected chi connectivity index (χ2v) is 21.2. The second kappa shape index (κ2) is 3.42. The minimum atomic E-state index is -1.87. The molecule has 2 rings (SSSR count). The Morgan fingerprint density at radius 1 is 1.14 bits per heavy atom. The predicted molar refractivity (Wildman–Crippen MR) is 69.2 cm³/mol. The normalized spacial score (nSPS) is 12.2. The summed E-state index contributed by atoms with van der Waals surface area (Å²) in [7, 11) is 0. The van der Waals surface area contributed by atoms with Crippen LogP contribution < -0.4 is 8.63 Å². The van der Waals surface area contributed by atoms with Crippen molar-refractivity contribution in [3.05, 3.63) is 24.3 Å². The van der Waals surface area contributed by atoms with Crippen LogP contribution in [0.4, 0.5) is 5.69 Å². The van der Waals surface area contributed by atoms with Crippen LogP contribution in [-0.4, -0.2) is 18.4 Å². The second-order valence-electron chi connectivity index (χ2n) is 4.66. The van der Waals surface area contributed by atoms with Crippen LogP contribution in [0.2, 0.25) is 14.8 Å². The molecule has 0 unspecified atom stereocenters.